The van der Waals surface area contributed by atoms with E-state index in [0.717, 1.165) is 18.2 Å². The van der Waals surface area contributed by atoms with Crippen LogP contribution < -0.4 is 0 Å². The second-order valence-corrected chi connectivity index (χ2v) is 3.66. The van der Waals surface area contributed by atoms with Crippen LogP contribution in [0.1, 0.15) is 11.4 Å². The second-order valence-electron chi connectivity index (χ2n) is 3.66. The largest absolute Gasteiger partial charge is 0.388 e. The van der Waals surface area contributed by atoms with E-state index in [1.807, 2.05) is 0 Å². The van der Waals surface area contributed by atoms with Gasteiger partial charge in [0.1, 0.15) is 18.2 Å². The molecule has 0 atom stereocenters. The number of aliphatic hydroxyl groups excluding tert-OH is 1. The summed E-state index contributed by atoms with van der Waals surface area (Å²) in [4.78, 5) is 14.1. The van der Waals surface area contributed by atoms with Gasteiger partial charge in [0.15, 0.2) is 0 Å². The molecule has 0 aliphatic carbocycles. The number of hydrogen-bond donors (Lipinski definition) is 1. The van der Waals surface area contributed by atoms with E-state index in [1.165, 1.54) is 10.8 Å². The third kappa shape index (κ3) is 2.35. The predicted molar refractivity (Wildman–Crippen MR) is 60.3 cm³/mol. The Kier molecular flexibility index (Phi) is 3.33. The van der Waals surface area contributed by atoms with Gasteiger partial charge < -0.3 is 9.67 Å². The number of nitrogens with zero attached hydrogens (tertiary/aromatic N) is 3. The van der Waals surface area contributed by atoms with Crippen LogP contribution in [0.25, 0.3) is 0 Å². The lowest BCUT2D eigenvalue weighted by atomic mass is 10.1. The minimum Gasteiger partial charge on any atom is -0.388 e. The Morgan fingerprint density at radius 2 is 2.28 bits per heavy atom. The Morgan fingerprint density at radius 3 is 2.94 bits per heavy atom. The fourth-order valence-corrected chi connectivity index (χ4v) is 1.68. The highest BCUT2D eigenvalue weighted by atomic mass is 19.1. The zero-order chi connectivity index (χ0) is 13.1. The molecule has 1 N–H and O–H groups in total. The Balaban J connectivity index is 2.39. The topological polar surface area (TPSA) is 81.2 Å². The molecular formula is C11H10FN3O3. The number of halogens is 1. The highest BCUT2D eigenvalue weighted by molar-refractivity contribution is 5.40. The van der Waals surface area contributed by atoms with Crippen LogP contribution in [0.5, 0.6) is 0 Å². The van der Waals surface area contributed by atoms with Crippen molar-refractivity contribution >= 4 is 5.69 Å². The van der Waals surface area contributed by atoms with Gasteiger partial charge in [-0.2, -0.15) is 0 Å². The number of aromatic nitrogens is 2. The van der Waals surface area contributed by atoms with Crippen LogP contribution in [-0.4, -0.2) is 19.6 Å². The first-order chi connectivity index (χ1) is 8.61. The number of imidazole rings is 1. The third-order valence-electron chi connectivity index (χ3n) is 2.52. The molecule has 94 valence electrons. The molecular weight excluding hydrogens is 241 g/mol. The summed E-state index contributed by atoms with van der Waals surface area (Å²) in [7, 11) is 0. The Bertz CT molecular complexity index is 583. The van der Waals surface area contributed by atoms with Gasteiger partial charge in [0.25, 0.3) is 5.69 Å². The minimum atomic E-state index is -0.565. The number of nitro benzene ring substituents is 1. The lowest BCUT2D eigenvalue weighted by molar-refractivity contribution is -0.385. The summed E-state index contributed by atoms with van der Waals surface area (Å²) in [5.74, 6) is -0.171. The Morgan fingerprint density at radius 1 is 1.50 bits per heavy atom. The molecule has 0 amide bonds. The van der Waals surface area contributed by atoms with Crippen molar-refractivity contribution in [2.45, 2.75) is 13.2 Å². The van der Waals surface area contributed by atoms with Gasteiger partial charge in [-0.25, -0.2) is 9.37 Å². The maximum absolute atomic E-state index is 13.1. The molecule has 0 radical (unpaired) electrons. The van der Waals surface area contributed by atoms with Crippen LogP contribution in [0.3, 0.4) is 0 Å². The summed E-state index contributed by atoms with van der Waals surface area (Å²) >= 11 is 0. The molecule has 1 heterocycles. The van der Waals surface area contributed by atoms with Crippen LogP contribution in [0.15, 0.2) is 30.6 Å². The van der Waals surface area contributed by atoms with E-state index in [0.29, 0.717) is 5.82 Å². The quantitative estimate of drug-likeness (QED) is 0.659. The van der Waals surface area contributed by atoms with E-state index in [-0.39, 0.29) is 24.4 Å². The zero-order valence-electron chi connectivity index (χ0n) is 9.28. The standard InChI is InChI=1S/C11H10FN3O3/c12-9-1-2-10(15(17)18)8(5-9)6-14-4-3-13-11(14)7-16/h1-5,16H,6-7H2. The van der Waals surface area contributed by atoms with E-state index in [1.54, 1.807) is 6.20 Å². The molecule has 0 saturated heterocycles. The summed E-state index contributed by atoms with van der Waals surface area (Å²) in [6.07, 6.45) is 3.04. The van der Waals surface area contributed by atoms with E-state index >= 15 is 0 Å². The zero-order valence-corrected chi connectivity index (χ0v) is 9.28. The van der Waals surface area contributed by atoms with Crippen molar-refractivity contribution in [3.8, 4) is 0 Å². The molecule has 18 heavy (non-hydrogen) atoms. The molecule has 0 spiro atoms. The maximum atomic E-state index is 13.1. The summed E-state index contributed by atoms with van der Waals surface area (Å²) < 4.78 is 14.7. The Labute approximate surface area is 101 Å². The first kappa shape index (κ1) is 12.2. The van der Waals surface area contributed by atoms with Gasteiger partial charge in [0, 0.05) is 18.5 Å². The number of aliphatic hydroxyl groups is 1. The summed E-state index contributed by atoms with van der Waals surface area (Å²) in [5.41, 5.74) is 0.0710. The van der Waals surface area contributed by atoms with Crippen molar-refractivity contribution in [2.24, 2.45) is 0 Å². The van der Waals surface area contributed by atoms with Crippen molar-refractivity contribution in [1.82, 2.24) is 9.55 Å². The van der Waals surface area contributed by atoms with Gasteiger partial charge in [0.2, 0.25) is 0 Å². The second kappa shape index (κ2) is 4.92. The first-order valence-corrected chi connectivity index (χ1v) is 5.15. The predicted octanol–water partition coefficient (Wildman–Crippen LogP) is 1.47. The van der Waals surface area contributed by atoms with Crippen molar-refractivity contribution in [2.75, 3.05) is 0 Å². The highest BCUT2D eigenvalue weighted by Crippen LogP contribution is 2.21. The molecule has 0 saturated carbocycles. The summed E-state index contributed by atoms with van der Waals surface area (Å²) in [6, 6.07) is 3.28. The molecule has 1 aromatic carbocycles. The van der Waals surface area contributed by atoms with E-state index in [2.05, 4.69) is 4.98 Å². The summed E-state index contributed by atoms with van der Waals surface area (Å²) in [6.45, 7) is -0.194. The van der Waals surface area contributed by atoms with Crippen LogP contribution in [0, 0.1) is 15.9 Å². The fraction of sp³-hybridized carbons (Fsp3) is 0.182. The normalized spacial score (nSPS) is 10.6. The van der Waals surface area contributed by atoms with Crippen LogP contribution >= 0.6 is 0 Å². The van der Waals surface area contributed by atoms with Crippen molar-refractivity contribution in [3.63, 3.8) is 0 Å². The third-order valence-corrected chi connectivity index (χ3v) is 2.52. The molecule has 0 aliphatic heterocycles. The van der Waals surface area contributed by atoms with Crippen molar-refractivity contribution < 1.29 is 14.4 Å². The molecule has 1 aromatic heterocycles. The molecule has 0 fully saturated rings. The fourth-order valence-electron chi connectivity index (χ4n) is 1.68. The average molecular weight is 251 g/mol. The van der Waals surface area contributed by atoms with Gasteiger partial charge >= 0.3 is 0 Å². The van der Waals surface area contributed by atoms with Gasteiger partial charge in [-0.3, -0.25) is 10.1 Å². The lowest BCUT2D eigenvalue weighted by Crippen LogP contribution is -2.06. The molecule has 0 aliphatic rings. The number of nitro groups is 1. The molecule has 0 unspecified atom stereocenters. The summed E-state index contributed by atoms with van der Waals surface area (Å²) in [5, 5.41) is 19.9. The molecule has 6 nitrogen and oxygen atoms in total. The van der Waals surface area contributed by atoms with E-state index < -0.39 is 10.7 Å². The Hall–Kier alpha value is -2.28. The highest BCUT2D eigenvalue weighted by Gasteiger charge is 2.15. The van der Waals surface area contributed by atoms with E-state index in [4.69, 9.17) is 5.11 Å². The monoisotopic (exact) mass is 251 g/mol. The van der Waals surface area contributed by atoms with Crippen LogP contribution in [0.4, 0.5) is 10.1 Å². The smallest absolute Gasteiger partial charge is 0.274 e. The van der Waals surface area contributed by atoms with Gasteiger partial charge in [0.05, 0.1) is 17.0 Å². The van der Waals surface area contributed by atoms with E-state index in [9.17, 15) is 14.5 Å². The minimum absolute atomic E-state index is 0.0873. The first-order valence-electron chi connectivity index (χ1n) is 5.15. The SMILES string of the molecule is O=[N+]([O-])c1ccc(F)cc1Cn1ccnc1CO. The van der Waals surface area contributed by atoms with Crippen molar-refractivity contribution in [3.05, 3.63) is 57.9 Å². The van der Waals surface area contributed by atoms with Gasteiger partial charge in [-0.1, -0.05) is 0 Å². The van der Waals surface area contributed by atoms with Gasteiger partial charge in [-0.05, 0) is 12.1 Å². The molecule has 7 heteroatoms. The number of rotatable bonds is 4. The van der Waals surface area contributed by atoms with Crippen LogP contribution in [-0.2, 0) is 13.2 Å². The molecule has 2 rings (SSSR count). The molecule has 2 aromatic rings. The van der Waals surface area contributed by atoms with Crippen molar-refractivity contribution in [1.29, 1.82) is 0 Å². The number of hydrogen-bond acceptors (Lipinski definition) is 4. The molecule has 0 bridgehead atoms. The average Bonchev–Trinajstić information content (AvgIpc) is 2.76. The van der Waals surface area contributed by atoms with Gasteiger partial charge in [-0.15, -0.1) is 0 Å². The number of benzene rings is 1. The maximum Gasteiger partial charge on any atom is 0.274 e. The lowest BCUT2D eigenvalue weighted by Gasteiger charge is -2.07. The van der Waals surface area contributed by atoms with Crippen LogP contribution in [0.2, 0.25) is 0 Å².